The Morgan fingerprint density at radius 1 is 1.50 bits per heavy atom. The third-order valence-electron chi connectivity index (χ3n) is 4.59. The van der Waals surface area contributed by atoms with Gasteiger partial charge < -0.3 is 9.72 Å². The van der Waals surface area contributed by atoms with Crippen LogP contribution in [0.5, 0.6) is 0 Å². The second-order valence-electron chi connectivity index (χ2n) is 5.68. The van der Waals surface area contributed by atoms with Crippen LogP contribution in [0.3, 0.4) is 0 Å². The zero-order valence-corrected chi connectivity index (χ0v) is 13.7. The third-order valence-corrected chi connectivity index (χ3v) is 6.00. The topological polar surface area (TPSA) is 47.0 Å². The first-order valence-electron chi connectivity index (χ1n) is 6.73. The largest absolute Gasteiger partial charge is 0.376 e. The van der Waals surface area contributed by atoms with Gasteiger partial charge in [-0.25, -0.2) is 0 Å². The fraction of sp³-hybridized carbons (Fsp3) is 0.571. The first-order chi connectivity index (χ1) is 9.36. The average molecular weight is 310 g/mol. The molecule has 1 saturated heterocycles. The molecule has 6 heteroatoms. The van der Waals surface area contributed by atoms with Crippen LogP contribution >= 0.6 is 23.6 Å². The maximum absolute atomic E-state index is 12.9. The Bertz CT molecular complexity index is 802. The summed E-state index contributed by atoms with van der Waals surface area (Å²) >= 11 is 7.03. The van der Waals surface area contributed by atoms with Gasteiger partial charge in [0.05, 0.1) is 17.0 Å². The van der Waals surface area contributed by atoms with Crippen LogP contribution in [0.4, 0.5) is 0 Å². The first kappa shape index (κ1) is 14.0. The van der Waals surface area contributed by atoms with E-state index in [9.17, 15) is 4.79 Å². The van der Waals surface area contributed by atoms with E-state index < -0.39 is 0 Å². The molecule has 0 bridgehead atoms. The van der Waals surface area contributed by atoms with Crippen LogP contribution in [0.25, 0.3) is 10.2 Å². The number of nitrogens with zero attached hydrogens (tertiary/aromatic N) is 1. The van der Waals surface area contributed by atoms with E-state index in [-0.39, 0.29) is 17.2 Å². The number of hydrogen-bond acceptors (Lipinski definition) is 4. The lowest BCUT2D eigenvalue weighted by atomic mass is 9.94. The standard InChI is InChI=1S/C14H18N2O2S2/c1-7-8(2)20-11-10(7)12(17)16(13(19)15-11)14(4)5-6-18-9(14)3/h9H,5-6H2,1-4H3,(H,15,19). The maximum atomic E-state index is 12.9. The minimum absolute atomic E-state index is 0.00505. The predicted molar refractivity (Wildman–Crippen MR) is 84.4 cm³/mol. The Morgan fingerprint density at radius 3 is 2.80 bits per heavy atom. The molecule has 3 heterocycles. The highest BCUT2D eigenvalue weighted by atomic mass is 32.1. The van der Waals surface area contributed by atoms with Crippen LogP contribution in [-0.2, 0) is 10.3 Å². The van der Waals surface area contributed by atoms with E-state index in [0.717, 1.165) is 27.1 Å². The molecule has 0 aliphatic carbocycles. The third kappa shape index (κ3) is 1.75. The van der Waals surface area contributed by atoms with E-state index in [2.05, 4.69) is 11.9 Å². The maximum Gasteiger partial charge on any atom is 0.263 e. The summed E-state index contributed by atoms with van der Waals surface area (Å²) in [6, 6.07) is 0. The molecule has 2 atom stereocenters. The number of rotatable bonds is 1. The zero-order chi connectivity index (χ0) is 14.7. The molecule has 1 aliphatic rings. The van der Waals surface area contributed by atoms with E-state index in [1.165, 1.54) is 0 Å². The number of aromatic nitrogens is 2. The number of fused-ring (bicyclic) bond motifs is 1. The lowest BCUT2D eigenvalue weighted by Gasteiger charge is -2.30. The molecule has 0 saturated carbocycles. The minimum Gasteiger partial charge on any atom is -0.376 e. The molecule has 1 aliphatic heterocycles. The van der Waals surface area contributed by atoms with Gasteiger partial charge in [0.1, 0.15) is 4.83 Å². The van der Waals surface area contributed by atoms with Crippen LogP contribution in [0.1, 0.15) is 30.7 Å². The van der Waals surface area contributed by atoms with Gasteiger partial charge in [-0.2, -0.15) is 0 Å². The summed E-state index contributed by atoms with van der Waals surface area (Å²) < 4.78 is 7.88. The molecule has 0 amide bonds. The van der Waals surface area contributed by atoms with Crippen molar-refractivity contribution in [1.29, 1.82) is 0 Å². The summed E-state index contributed by atoms with van der Waals surface area (Å²) in [5, 5.41) is 0.765. The molecule has 0 spiro atoms. The van der Waals surface area contributed by atoms with Crippen LogP contribution in [-0.4, -0.2) is 22.3 Å². The molecule has 4 nitrogen and oxygen atoms in total. The number of nitrogens with one attached hydrogen (secondary N) is 1. The number of thiophene rings is 1. The average Bonchev–Trinajstić information content (AvgIpc) is 2.82. The number of aryl methyl sites for hydroxylation is 2. The highest BCUT2D eigenvalue weighted by Crippen LogP contribution is 2.33. The minimum atomic E-state index is -0.374. The normalized spacial score (nSPS) is 26.5. The Balaban J connectivity index is 2.40. The molecular weight excluding hydrogens is 292 g/mol. The predicted octanol–water partition coefficient (Wildman–Crippen LogP) is 3.26. The lowest BCUT2D eigenvalue weighted by molar-refractivity contribution is 0.0737. The lowest BCUT2D eigenvalue weighted by Crippen LogP contribution is -2.44. The van der Waals surface area contributed by atoms with Crippen molar-refractivity contribution < 1.29 is 4.74 Å². The van der Waals surface area contributed by atoms with Crippen molar-refractivity contribution in [3.63, 3.8) is 0 Å². The molecule has 20 heavy (non-hydrogen) atoms. The van der Waals surface area contributed by atoms with Crippen molar-refractivity contribution >= 4 is 33.8 Å². The van der Waals surface area contributed by atoms with Crippen molar-refractivity contribution in [1.82, 2.24) is 9.55 Å². The van der Waals surface area contributed by atoms with Crippen LogP contribution in [0.2, 0.25) is 0 Å². The quantitative estimate of drug-likeness (QED) is 0.822. The van der Waals surface area contributed by atoms with E-state index in [1.54, 1.807) is 15.9 Å². The van der Waals surface area contributed by atoms with E-state index in [1.807, 2.05) is 20.8 Å². The van der Waals surface area contributed by atoms with Crippen LogP contribution in [0.15, 0.2) is 4.79 Å². The Kier molecular flexibility index (Phi) is 3.15. The molecule has 2 aromatic heterocycles. The summed E-state index contributed by atoms with van der Waals surface area (Å²) in [7, 11) is 0. The second-order valence-corrected chi connectivity index (χ2v) is 7.29. The monoisotopic (exact) mass is 310 g/mol. The Morgan fingerprint density at radius 2 is 2.20 bits per heavy atom. The van der Waals surface area contributed by atoms with Crippen LogP contribution < -0.4 is 5.56 Å². The Hall–Kier alpha value is -0.980. The molecule has 1 N–H and O–H groups in total. The molecule has 1 fully saturated rings. The van der Waals surface area contributed by atoms with Crippen molar-refractivity contribution in [2.75, 3.05) is 6.61 Å². The first-order valence-corrected chi connectivity index (χ1v) is 7.96. The molecular formula is C14H18N2O2S2. The molecule has 3 rings (SSSR count). The number of H-pyrrole nitrogens is 1. The molecule has 2 aromatic rings. The summed E-state index contributed by atoms with van der Waals surface area (Å²) in [5.74, 6) is 0. The summed E-state index contributed by atoms with van der Waals surface area (Å²) in [4.78, 5) is 18.2. The van der Waals surface area contributed by atoms with Gasteiger partial charge in [0, 0.05) is 11.5 Å². The summed E-state index contributed by atoms with van der Waals surface area (Å²) in [6.07, 6.45) is 0.784. The highest BCUT2D eigenvalue weighted by Gasteiger charge is 2.40. The van der Waals surface area contributed by atoms with Gasteiger partial charge in [0.25, 0.3) is 5.56 Å². The van der Waals surface area contributed by atoms with Crippen molar-refractivity contribution in [3.8, 4) is 0 Å². The summed E-state index contributed by atoms with van der Waals surface area (Å²) in [6.45, 7) is 8.75. The van der Waals surface area contributed by atoms with E-state index in [4.69, 9.17) is 17.0 Å². The Labute approximate surface area is 126 Å². The number of aromatic amines is 1. The number of hydrogen-bond donors (Lipinski definition) is 1. The SMILES string of the molecule is Cc1sc2[nH]c(=S)n(C3(C)CCOC3C)c(=O)c2c1C. The van der Waals surface area contributed by atoms with Gasteiger partial charge in [0.15, 0.2) is 4.77 Å². The zero-order valence-electron chi connectivity index (χ0n) is 12.1. The molecule has 0 radical (unpaired) electrons. The molecule has 0 aromatic carbocycles. The molecule has 2 unspecified atom stereocenters. The van der Waals surface area contributed by atoms with E-state index >= 15 is 0 Å². The number of ether oxygens (including phenoxy) is 1. The van der Waals surface area contributed by atoms with Crippen molar-refractivity contribution in [2.45, 2.75) is 45.8 Å². The second kappa shape index (κ2) is 4.51. The van der Waals surface area contributed by atoms with Gasteiger partial charge in [-0.3, -0.25) is 9.36 Å². The van der Waals surface area contributed by atoms with Gasteiger partial charge >= 0.3 is 0 Å². The fourth-order valence-electron chi connectivity index (χ4n) is 2.91. The van der Waals surface area contributed by atoms with Gasteiger partial charge in [-0.1, -0.05) is 0 Å². The van der Waals surface area contributed by atoms with E-state index in [0.29, 0.717) is 11.4 Å². The van der Waals surface area contributed by atoms with Gasteiger partial charge in [-0.15, -0.1) is 11.3 Å². The van der Waals surface area contributed by atoms with Crippen molar-refractivity contribution in [3.05, 3.63) is 25.6 Å². The fourth-order valence-corrected chi connectivity index (χ4v) is 4.42. The molecule has 108 valence electrons. The van der Waals surface area contributed by atoms with Crippen LogP contribution in [0, 0.1) is 18.6 Å². The summed E-state index contributed by atoms with van der Waals surface area (Å²) in [5.41, 5.74) is 0.678. The van der Waals surface area contributed by atoms with Gasteiger partial charge in [0.2, 0.25) is 0 Å². The smallest absolute Gasteiger partial charge is 0.263 e. The highest BCUT2D eigenvalue weighted by molar-refractivity contribution is 7.71. The van der Waals surface area contributed by atoms with Gasteiger partial charge in [-0.05, 0) is 51.9 Å². The van der Waals surface area contributed by atoms with Crippen molar-refractivity contribution in [2.24, 2.45) is 0 Å².